The molecule has 3 rings (SSSR count). The number of carbonyl (C=O) groups is 2. The average molecular weight is 472 g/mol. The normalized spacial score (nSPS) is 14.2. The zero-order valence-corrected chi connectivity index (χ0v) is 18.0. The molecule has 0 saturated carbocycles. The second-order valence-corrected chi connectivity index (χ2v) is 7.60. The minimum Gasteiger partial charge on any atom is -0.475 e. The Morgan fingerprint density at radius 3 is 2.25 bits per heavy atom. The molecule has 1 amide bonds. The van der Waals surface area contributed by atoms with Crippen LogP contribution >= 0.6 is 11.6 Å². The van der Waals surface area contributed by atoms with Crippen LogP contribution in [0.5, 0.6) is 0 Å². The third-order valence-corrected chi connectivity index (χ3v) is 4.90. The highest BCUT2D eigenvalue weighted by Gasteiger charge is 2.38. The molecule has 1 aliphatic heterocycles. The van der Waals surface area contributed by atoms with E-state index in [1.54, 1.807) is 0 Å². The summed E-state index contributed by atoms with van der Waals surface area (Å²) >= 11 is 5.97. The maximum absolute atomic E-state index is 12.2. The summed E-state index contributed by atoms with van der Waals surface area (Å²) in [6.07, 6.45) is -4.31. The molecule has 0 radical (unpaired) electrons. The highest BCUT2D eigenvalue weighted by atomic mass is 35.5. The fraction of sp³-hybridized carbons (Fsp3) is 0.364. The minimum absolute atomic E-state index is 0.0317. The predicted molar refractivity (Wildman–Crippen MR) is 116 cm³/mol. The van der Waals surface area contributed by atoms with Gasteiger partial charge >= 0.3 is 12.1 Å². The van der Waals surface area contributed by atoms with Crippen LogP contribution in [-0.2, 0) is 17.8 Å². The Kier molecular flexibility index (Phi) is 9.96. The quantitative estimate of drug-likeness (QED) is 0.602. The van der Waals surface area contributed by atoms with Crippen molar-refractivity contribution in [2.24, 2.45) is 0 Å². The first kappa shape index (κ1) is 25.6. The molecule has 2 aromatic rings. The van der Waals surface area contributed by atoms with E-state index in [-0.39, 0.29) is 5.91 Å². The molecule has 6 nitrogen and oxygen atoms in total. The second-order valence-electron chi connectivity index (χ2n) is 7.16. The van der Waals surface area contributed by atoms with Gasteiger partial charge in [0.05, 0.1) is 0 Å². The Bertz CT molecular complexity index is 886. The lowest BCUT2D eigenvalue weighted by molar-refractivity contribution is -0.192. The van der Waals surface area contributed by atoms with Gasteiger partial charge in [0.2, 0.25) is 0 Å². The van der Waals surface area contributed by atoms with E-state index in [1.165, 1.54) is 5.56 Å². The summed E-state index contributed by atoms with van der Waals surface area (Å²) in [5.74, 6) is -2.79. The fourth-order valence-electron chi connectivity index (χ4n) is 3.00. The molecule has 0 atom stereocenters. The zero-order chi connectivity index (χ0) is 23.6. The van der Waals surface area contributed by atoms with Gasteiger partial charge in [-0.15, -0.1) is 0 Å². The van der Waals surface area contributed by atoms with Crippen molar-refractivity contribution in [1.82, 2.24) is 15.5 Å². The van der Waals surface area contributed by atoms with Gasteiger partial charge in [0, 0.05) is 49.9 Å². The molecule has 0 aliphatic carbocycles. The molecule has 0 aromatic heterocycles. The van der Waals surface area contributed by atoms with E-state index in [2.05, 4.69) is 15.5 Å². The van der Waals surface area contributed by atoms with Crippen molar-refractivity contribution < 1.29 is 27.9 Å². The van der Waals surface area contributed by atoms with E-state index in [1.807, 2.05) is 48.5 Å². The number of carboxylic acid groups (broad SMARTS) is 1. The van der Waals surface area contributed by atoms with Gasteiger partial charge in [0.15, 0.2) is 0 Å². The van der Waals surface area contributed by atoms with Crippen molar-refractivity contribution in [3.63, 3.8) is 0 Å². The summed E-state index contributed by atoms with van der Waals surface area (Å²) in [5.41, 5.74) is 3.08. The summed E-state index contributed by atoms with van der Waals surface area (Å²) in [6, 6.07) is 15.6. The minimum atomic E-state index is -5.08. The Morgan fingerprint density at radius 1 is 1.06 bits per heavy atom. The molecule has 1 fully saturated rings. The largest absolute Gasteiger partial charge is 0.490 e. The molecule has 1 heterocycles. The van der Waals surface area contributed by atoms with E-state index in [0.29, 0.717) is 12.1 Å². The first-order valence-electron chi connectivity index (χ1n) is 10.00. The molecule has 0 spiro atoms. The summed E-state index contributed by atoms with van der Waals surface area (Å²) in [6.45, 7) is 5.79. The number of aliphatic carboxylic acids is 1. The average Bonchev–Trinajstić information content (AvgIpc) is 2.75. The molecule has 2 aromatic carbocycles. The van der Waals surface area contributed by atoms with Crippen LogP contribution in [0.15, 0.2) is 48.5 Å². The van der Waals surface area contributed by atoms with Crippen molar-refractivity contribution >= 4 is 23.5 Å². The van der Waals surface area contributed by atoms with Crippen LogP contribution in [-0.4, -0.2) is 60.8 Å². The number of nitrogens with one attached hydrogen (secondary N) is 2. The van der Waals surface area contributed by atoms with E-state index in [0.717, 1.165) is 49.7 Å². The first-order chi connectivity index (χ1) is 15.1. The van der Waals surface area contributed by atoms with Crippen LogP contribution in [0.3, 0.4) is 0 Å². The van der Waals surface area contributed by atoms with Crippen LogP contribution in [0.4, 0.5) is 13.2 Å². The molecule has 10 heteroatoms. The summed E-state index contributed by atoms with van der Waals surface area (Å²) < 4.78 is 31.7. The number of carboxylic acids is 1. The van der Waals surface area contributed by atoms with Crippen LogP contribution in [0, 0.1) is 0 Å². The number of benzene rings is 2. The SMILES string of the molecule is O=C(NCCc1cccc(Cl)c1)c1ccc(CN2CCNCC2)cc1.O=C(O)C(F)(F)F. The molecule has 1 aliphatic rings. The van der Waals surface area contributed by atoms with E-state index in [4.69, 9.17) is 21.5 Å². The fourth-order valence-corrected chi connectivity index (χ4v) is 3.22. The molecule has 32 heavy (non-hydrogen) atoms. The zero-order valence-electron chi connectivity index (χ0n) is 17.3. The molecule has 1 saturated heterocycles. The number of carbonyl (C=O) groups excluding carboxylic acids is 1. The molecular formula is C22H25ClF3N3O3. The Hall–Kier alpha value is -2.62. The highest BCUT2D eigenvalue weighted by molar-refractivity contribution is 6.30. The smallest absolute Gasteiger partial charge is 0.475 e. The van der Waals surface area contributed by atoms with Gasteiger partial charge in [-0.25, -0.2) is 4.79 Å². The van der Waals surface area contributed by atoms with Crippen LogP contribution < -0.4 is 10.6 Å². The van der Waals surface area contributed by atoms with Crippen molar-refractivity contribution in [3.05, 3.63) is 70.2 Å². The van der Waals surface area contributed by atoms with Gasteiger partial charge in [0.1, 0.15) is 0 Å². The number of hydrogen-bond acceptors (Lipinski definition) is 4. The highest BCUT2D eigenvalue weighted by Crippen LogP contribution is 2.13. The number of halogens is 4. The number of amides is 1. The van der Waals surface area contributed by atoms with Crippen LogP contribution in [0.1, 0.15) is 21.5 Å². The van der Waals surface area contributed by atoms with Gasteiger partial charge in [-0.05, 0) is 41.8 Å². The lowest BCUT2D eigenvalue weighted by atomic mass is 10.1. The van der Waals surface area contributed by atoms with Crippen LogP contribution in [0.2, 0.25) is 5.02 Å². The summed E-state index contributed by atoms with van der Waals surface area (Å²) in [5, 5.41) is 14.2. The monoisotopic (exact) mass is 471 g/mol. The number of alkyl halides is 3. The molecular weight excluding hydrogens is 447 g/mol. The Balaban J connectivity index is 0.000000451. The topological polar surface area (TPSA) is 81.7 Å². The molecule has 0 unspecified atom stereocenters. The number of rotatable bonds is 6. The van der Waals surface area contributed by atoms with Crippen molar-refractivity contribution in [2.75, 3.05) is 32.7 Å². The maximum atomic E-state index is 12.2. The third kappa shape index (κ3) is 9.25. The van der Waals surface area contributed by atoms with E-state index in [9.17, 15) is 18.0 Å². The van der Waals surface area contributed by atoms with Gasteiger partial charge in [0.25, 0.3) is 5.91 Å². The summed E-state index contributed by atoms with van der Waals surface area (Å²) in [7, 11) is 0. The maximum Gasteiger partial charge on any atom is 0.490 e. The molecule has 3 N–H and O–H groups in total. The first-order valence-corrected chi connectivity index (χ1v) is 10.4. The number of piperazine rings is 1. The third-order valence-electron chi connectivity index (χ3n) is 4.66. The number of hydrogen-bond donors (Lipinski definition) is 3. The van der Waals surface area contributed by atoms with Gasteiger partial charge in [-0.2, -0.15) is 13.2 Å². The van der Waals surface area contributed by atoms with Crippen molar-refractivity contribution in [2.45, 2.75) is 19.1 Å². The van der Waals surface area contributed by atoms with Gasteiger partial charge in [-0.1, -0.05) is 35.9 Å². The van der Waals surface area contributed by atoms with Crippen molar-refractivity contribution in [3.8, 4) is 0 Å². The van der Waals surface area contributed by atoms with Gasteiger partial charge in [-0.3, -0.25) is 9.69 Å². The van der Waals surface area contributed by atoms with E-state index >= 15 is 0 Å². The Labute approximate surface area is 189 Å². The standard InChI is InChI=1S/C20H24ClN3O.C2HF3O2/c21-19-3-1-2-16(14-19)8-9-23-20(25)18-6-4-17(5-7-18)15-24-12-10-22-11-13-24;3-2(4,5)1(6)7/h1-7,14,22H,8-13,15H2,(H,23,25);(H,6,7). The lowest BCUT2D eigenvalue weighted by Gasteiger charge is -2.27. The van der Waals surface area contributed by atoms with Gasteiger partial charge < -0.3 is 15.7 Å². The molecule has 0 bridgehead atoms. The van der Waals surface area contributed by atoms with Crippen LogP contribution in [0.25, 0.3) is 0 Å². The van der Waals surface area contributed by atoms with E-state index < -0.39 is 12.1 Å². The predicted octanol–water partition coefficient (Wildman–Crippen LogP) is 3.35. The lowest BCUT2D eigenvalue weighted by Crippen LogP contribution is -2.42. The van der Waals surface area contributed by atoms with Crippen molar-refractivity contribution in [1.29, 1.82) is 0 Å². The Morgan fingerprint density at radius 2 is 1.69 bits per heavy atom. The number of nitrogens with zero attached hydrogens (tertiary/aromatic N) is 1. The molecule has 174 valence electrons. The second kappa shape index (κ2) is 12.4. The summed E-state index contributed by atoms with van der Waals surface area (Å²) in [4.78, 5) is 23.6.